The second-order valence-corrected chi connectivity index (χ2v) is 7.14. The molecule has 1 aliphatic carbocycles. The van der Waals surface area contributed by atoms with Gasteiger partial charge in [-0.1, -0.05) is 69.3 Å². The van der Waals surface area contributed by atoms with Crippen LogP contribution in [0.2, 0.25) is 0 Å². The van der Waals surface area contributed by atoms with E-state index in [2.05, 4.69) is 75.4 Å². The van der Waals surface area contributed by atoms with E-state index >= 15 is 0 Å². The van der Waals surface area contributed by atoms with Crippen LogP contribution in [0.3, 0.4) is 0 Å². The molecule has 1 nitrogen and oxygen atoms in total. The Labute approximate surface area is 131 Å². The lowest BCUT2D eigenvalue weighted by Crippen LogP contribution is -2.20. The van der Waals surface area contributed by atoms with Crippen molar-refractivity contribution in [2.75, 3.05) is 0 Å². The van der Waals surface area contributed by atoms with Crippen molar-refractivity contribution >= 4 is 0 Å². The van der Waals surface area contributed by atoms with Gasteiger partial charge in [0, 0.05) is 17.0 Å². The summed E-state index contributed by atoms with van der Waals surface area (Å²) in [7, 11) is 0. The highest BCUT2D eigenvalue weighted by Crippen LogP contribution is 2.51. The number of rotatable bonds is 0. The summed E-state index contributed by atoms with van der Waals surface area (Å²) in [4.78, 5) is 0. The Morgan fingerprint density at radius 2 is 1.32 bits per heavy atom. The zero-order chi connectivity index (χ0) is 15.3. The van der Waals surface area contributed by atoms with E-state index in [0.29, 0.717) is 5.92 Å². The maximum atomic E-state index is 5.88. The molecule has 0 saturated heterocycles. The first kappa shape index (κ1) is 13.4. The fourth-order valence-electron chi connectivity index (χ4n) is 3.78. The van der Waals surface area contributed by atoms with E-state index in [-0.39, 0.29) is 5.41 Å². The van der Waals surface area contributed by atoms with Crippen LogP contribution in [0.1, 0.15) is 37.8 Å². The molecule has 1 unspecified atom stereocenters. The Morgan fingerprint density at radius 1 is 0.727 bits per heavy atom. The molecule has 0 bridgehead atoms. The van der Waals surface area contributed by atoms with Crippen molar-refractivity contribution in [1.29, 1.82) is 0 Å². The summed E-state index contributed by atoms with van der Waals surface area (Å²) in [6.07, 6.45) is 1.80. The molecule has 1 aliphatic rings. The van der Waals surface area contributed by atoms with Gasteiger partial charge in [-0.2, -0.15) is 0 Å². The fourth-order valence-corrected chi connectivity index (χ4v) is 3.78. The molecule has 1 aromatic heterocycles. The molecule has 0 N–H and O–H groups in total. The molecule has 0 saturated carbocycles. The predicted molar refractivity (Wildman–Crippen MR) is 90.9 cm³/mol. The normalized spacial score (nSPS) is 16.4. The minimum absolute atomic E-state index is 0.135. The number of benzene rings is 2. The topological polar surface area (TPSA) is 13.1 Å². The molecule has 22 heavy (non-hydrogen) atoms. The molecule has 0 spiro atoms. The molecule has 1 heterocycles. The number of hydrogen-bond acceptors (Lipinski definition) is 1. The highest BCUT2D eigenvalue weighted by Gasteiger charge is 2.35. The summed E-state index contributed by atoms with van der Waals surface area (Å²) in [5.41, 5.74) is 6.60. The average molecular weight is 288 g/mol. The Kier molecular flexibility index (Phi) is 2.80. The van der Waals surface area contributed by atoms with Gasteiger partial charge in [-0.05, 0) is 28.2 Å². The second-order valence-electron chi connectivity index (χ2n) is 7.14. The molecular formula is C21H20O. The zero-order valence-electron chi connectivity index (χ0n) is 13.3. The van der Waals surface area contributed by atoms with E-state index in [1.165, 1.54) is 27.8 Å². The van der Waals surface area contributed by atoms with Crippen molar-refractivity contribution in [3.8, 4) is 22.5 Å². The van der Waals surface area contributed by atoms with Gasteiger partial charge in [-0.25, -0.2) is 0 Å². The first-order chi connectivity index (χ1) is 10.6. The van der Waals surface area contributed by atoms with Crippen molar-refractivity contribution in [3.05, 3.63) is 72.0 Å². The van der Waals surface area contributed by atoms with Crippen LogP contribution in [-0.4, -0.2) is 0 Å². The van der Waals surface area contributed by atoms with Crippen LogP contribution in [0.4, 0.5) is 0 Å². The largest absolute Gasteiger partial charge is 0.464 e. The van der Waals surface area contributed by atoms with Crippen LogP contribution in [0, 0.1) is 5.41 Å². The molecule has 1 heteroatoms. The lowest BCUT2D eigenvalue weighted by Gasteiger charge is -2.33. The van der Waals surface area contributed by atoms with Crippen molar-refractivity contribution < 1.29 is 4.42 Å². The first-order valence-electron chi connectivity index (χ1n) is 7.83. The summed E-state index contributed by atoms with van der Waals surface area (Å²) < 4.78 is 5.88. The highest BCUT2D eigenvalue weighted by molar-refractivity contribution is 5.86. The first-order valence-corrected chi connectivity index (χ1v) is 7.83. The summed E-state index contributed by atoms with van der Waals surface area (Å²) in [5.74, 6) is 1.34. The van der Waals surface area contributed by atoms with Gasteiger partial charge in [0.15, 0.2) is 0 Å². The molecule has 110 valence electrons. The fraction of sp³-hybridized carbons (Fsp3) is 0.238. The van der Waals surface area contributed by atoms with Gasteiger partial charge >= 0.3 is 0 Å². The maximum absolute atomic E-state index is 5.88. The predicted octanol–water partition coefficient (Wildman–Crippen LogP) is 6.11. The van der Waals surface area contributed by atoms with Gasteiger partial charge in [-0.15, -0.1) is 0 Å². The van der Waals surface area contributed by atoms with Gasteiger partial charge in [0.25, 0.3) is 0 Å². The van der Waals surface area contributed by atoms with Gasteiger partial charge in [0.2, 0.25) is 0 Å². The molecule has 0 fully saturated rings. The van der Waals surface area contributed by atoms with E-state index in [1.54, 1.807) is 6.26 Å². The lowest BCUT2D eigenvalue weighted by molar-refractivity contribution is 0.360. The minimum Gasteiger partial charge on any atom is -0.464 e. The Balaban J connectivity index is 2.15. The third kappa shape index (κ3) is 1.85. The number of furan rings is 1. The standard InChI is InChI=1S/C21H20O/c1-21(2,3)19-15-9-5-4-8-14(15)18-12-13-22-20(18)17-11-7-6-10-16(17)19/h4-13,19H,1-3H3. The van der Waals surface area contributed by atoms with E-state index in [9.17, 15) is 0 Å². The molecule has 0 aliphatic heterocycles. The van der Waals surface area contributed by atoms with Crippen LogP contribution in [-0.2, 0) is 0 Å². The van der Waals surface area contributed by atoms with Crippen molar-refractivity contribution in [3.63, 3.8) is 0 Å². The minimum atomic E-state index is 0.135. The smallest absolute Gasteiger partial charge is 0.141 e. The lowest BCUT2D eigenvalue weighted by atomic mass is 9.71. The van der Waals surface area contributed by atoms with Crippen LogP contribution in [0.5, 0.6) is 0 Å². The van der Waals surface area contributed by atoms with Gasteiger partial charge in [-0.3, -0.25) is 0 Å². The van der Waals surface area contributed by atoms with Crippen molar-refractivity contribution in [2.45, 2.75) is 26.7 Å². The molecule has 0 radical (unpaired) electrons. The monoisotopic (exact) mass is 288 g/mol. The molecule has 0 amide bonds. The Bertz CT molecular complexity index is 771. The third-order valence-electron chi connectivity index (χ3n) is 4.61. The Morgan fingerprint density at radius 3 is 2.00 bits per heavy atom. The second kappa shape index (κ2) is 4.61. The zero-order valence-corrected chi connectivity index (χ0v) is 13.3. The molecule has 2 aromatic carbocycles. The van der Waals surface area contributed by atoms with E-state index in [4.69, 9.17) is 4.42 Å². The van der Waals surface area contributed by atoms with E-state index < -0.39 is 0 Å². The van der Waals surface area contributed by atoms with Gasteiger partial charge < -0.3 is 4.42 Å². The van der Waals surface area contributed by atoms with Gasteiger partial charge in [0.05, 0.1) is 6.26 Å². The van der Waals surface area contributed by atoms with Crippen LogP contribution < -0.4 is 0 Å². The number of fused-ring (bicyclic) bond motifs is 5. The molecule has 3 aromatic rings. The van der Waals surface area contributed by atoms with Crippen molar-refractivity contribution in [2.24, 2.45) is 5.41 Å². The van der Waals surface area contributed by atoms with Crippen LogP contribution in [0.15, 0.2) is 65.3 Å². The highest BCUT2D eigenvalue weighted by atomic mass is 16.3. The SMILES string of the molecule is CC(C)(C)C1c2ccccc2-c2ccoc2-c2ccccc21. The van der Waals surface area contributed by atoms with Crippen LogP contribution >= 0.6 is 0 Å². The molecule has 4 rings (SSSR count). The molecule has 1 atom stereocenters. The van der Waals surface area contributed by atoms with Crippen molar-refractivity contribution in [1.82, 2.24) is 0 Å². The summed E-state index contributed by atoms with van der Waals surface area (Å²) in [6.45, 7) is 6.95. The summed E-state index contributed by atoms with van der Waals surface area (Å²) >= 11 is 0. The average Bonchev–Trinajstić information content (AvgIpc) is 2.92. The molecular weight excluding hydrogens is 268 g/mol. The van der Waals surface area contributed by atoms with Gasteiger partial charge in [0.1, 0.15) is 5.76 Å². The summed E-state index contributed by atoms with van der Waals surface area (Å²) in [6, 6.07) is 19.5. The summed E-state index contributed by atoms with van der Waals surface area (Å²) in [5, 5.41) is 0. The Hall–Kier alpha value is -2.28. The van der Waals surface area contributed by atoms with E-state index in [0.717, 1.165) is 5.76 Å². The third-order valence-corrected chi connectivity index (χ3v) is 4.61. The quantitative estimate of drug-likeness (QED) is 0.486. The van der Waals surface area contributed by atoms with Crippen LogP contribution in [0.25, 0.3) is 22.5 Å². The maximum Gasteiger partial charge on any atom is 0.141 e. The number of hydrogen-bond donors (Lipinski definition) is 0. The van der Waals surface area contributed by atoms with E-state index in [1.807, 2.05) is 0 Å².